The molecule has 2 aromatic carbocycles. The average molecular weight is 403 g/mol. The van der Waals surface area contributed by atoms with Gasteiger partial charge in [-0.1, -0.05) is 60.7 Å². The van der Waals surface area contributed by atoms with E-state index in [4.69, 9.17) is 17.0 Å². The first-order chi connectivity index (χ1) is 14.1. The van der Waals surface area contributed by atoms with Crippen LogP contribution in [-0.4, -0.2) is 27.2 Å². The van der Waals surface area contributed by atoms with Crippen LogP contribution in [0.4, 0.5) is 4.79 Å². The highest BCUT2D eigenvalue weighted by molar-refractivity contribution is 7.71. The largest absolute Gasteiger partial charge is 0.449 e. The molecule has 29 heavy (non-hydrogen) atoms. The molecule has 0 fully saturated rings. The Bertz CT molecular complexity index is 1310. The number of pyridine rings is 1. The van der Waals surface area contributed by atoms with Crippen LogP contribution in [0.25, 0.3) is 33.4 Å². The highest BCUT2D eigenvalue weighted by atomic mass is 32.1. The number of rotatable bonds is 3. The van der Waals surface area contributed by atoms with Crippen molar-refractivity contribution in [2.24, 2.45) is 0 Å². The predicted molar refractivity (Wildman–Crippen MR) is 114 cm³/mol. The van der Waals surface area contributed by atoms with Crippen molar-refractivity contribution in [1.29, 1.82) is 0 Å². The number of H-pyrrole nitrogens is 1. The van der Waals surface area contributed by atoms with E-state index in [2.05, 4.69) is 9.97 Å². The van der Waals surface area contributed by atoms with Gasteiger partial charge in [-0.15, -0.1) is 0 Å². The van der Waals surface area contributed by atoms with Gasteiger partial charge >= 0.3 is 6.09 Å². The predicted octanol–water partition coefficient (Wildman–Crippen LogP) is 4.79. The van der Waals surface area contributed by atoms with E-state index in [0.717, 1.165) is 15.7 Å². The van der Waals surface area contributed by atoms with Crippen LogP contribution in [0.1, 0.15) is 6.92 Å². The molecule has 1 N–H and O–H groups in total. The molecular weight excluding hydrogens is 386 g/mol. The third kappa shape index (κ3) is 3.48. The van der Waals surface area contributed by atoms with Crippen molar-refractivity contribution in [3.8, 4) is 22.4 Å². The Morgan fingerprint density at radius 1 is 1.07 bits per heavy atom. The van der Waals surface area contributed by atoms with Gasteiger partial charge in [0.1, 0.15) is 5.65 Å². The lowest BCUT2D eigenvalue weighted by molar-refractivity contribution is 0.152. The Labute approximate surface area is 171 Å². The number of benzene rings is 2. The van der Waals surface area contributed by atoms with Gasteiger partial charge in [-0.3, -0.25) is 4.79 Å². The maximum Gasteiger partial charge on any atom is 0.423 e. The fourth-order valence-corrected chi connectivity index (χ4v) is 3.42. The Hall–Kier alpha value is -3.58. The molecule has 0 aliphatic heterocycles. The minimum Gasteiger partial charge on any atom is -0.449 e. The summed E-state index contributed by atoms with van der Waals surface area (Å²) in [5.74, 6) is 0. The van der Waals surface area contributed by atoms with Gasteiger partial charge in [-0.25, -0.2) is 9.78 Å². The SMILES string of the molecule is CCOC(=O)n1c(=S)[nH]c2nc(-c3ccccc3)cc(-c3ccccc3)c2c1=O. The summed E-state index contributed by atoms with van der Waals surface area (Å²) in [5, 5.41) is 0.275. The first kappa shape index (κ1) is 18.8. The minimum absolute atomic E-state index is 0.0577. The van der Waals surface area contributed by atoms with Crippen molar-refractivity contribution >= 4 is 29.3 Å². The summed E-state index contributed by atoms with van der Waals surface area (Å²) in [5.41, 5.74) is 2.84. The lowest BCUT2D eigenvalue weighted by Gasteiger charge is -2.12. The van der Waals surface area contributed by atoms with Crippen LogP contribution in [0.5, 0.6) is 0 Å². The van der Waals surface area contributed by atoms with Crippen molar-refractivity contribution in [2.75, 3.05) is 6.61 Å². The molecule has 0 bridgehead atoms. The van der Waals surface area contributed by atoms with Crippen molar-refractivity contribution in [3.63, 3.8) is 0 Å². The first-order valence-corrected chi connectivity index (χ1v) is 9.49. The Morgan fingerprint density at radius 2 is 1.69 bits per heavy atom. The monoisotopic (exact) mass is 403 g/mol. The number of hydrogen-bond acceptors (Lipinski definition) is 5. The Balaban J connectivity index is 2.10. The summed E-state index contributed by atoms with van der Waals surface area (Å²) < 4.78 is 5.77. The van der Waals surface area contributed by atoms with E-state index < -0.39 is 11.7 Å². The number of carbonyl (C=O) groups is 1. The van der Waals surface area contributed by atoms with Crippen molar-refractivity contribution in [3.05, 3.63) is 81.9 Å². The van der Waals surface area contributed by atoms with Gasteiger partial charge in [-0.2, -0.15) is 4.57 Å². The summed E-state index contributed by atoms with van der Waals surface area (Å²) in [7, 11) is 0. The topological polar surface area (TPSA) is 77.0 Å². The molecule has 144 valence electrons. The van der Waals surface area contributed by atoms with Gasteiger partial charge in [-0.05, 0) is 30.8 Å². The second-order valence-electron chi connectivity index (χ2n) is 6.28. The van der Waals surface area contributed by atoms with Crippen molar-refractivity contribution in [1.82, 2.24) is 14.5 Å². The zero-order chi connectivity index (χ0) is 20.4. The van der Waals surface area contributed by atoms with Crippen molar-refractivity contribution < 1.29 is 9.53 Å². The molecule has 0 saturated heterocycles. The standard InChI is InChI=1S/C22H17N3O3S/c1-2-28-22(27)25-20(26)18-16(14-9-5-3-6-10-14)13-17(15-11-7-4-8-12-15)23-19(18)24-21(25)29/h3-13H,2H2,1H3,(H,23,24,29). The number of carbonyl (C=O) groups excluding carboxylic acids is 1. The van der Waals surface area contributed by atoms with E-state index in [1.165, 1.54) is 0 Å². The molecular formula is C22H17N3O3S. The number of nitrogens with zero attached hydrogens (tertiary/aromatic N) is 2. The van der Waals surface area contributed by atoms with Crippen LogP contribution in [0.2, 0.25) is 0 Å². The zero-order valence-corrected chi connectivity index (χ0v) is 16.4. The van der Waals surface area contributed by atoms with Crippen molar-refractivity contribution in [2.45, 2.75) is 6.92 Å². The Kier molecular flexibility index (Phi) is 5.05. The van der Waals surface area contributed by atoms with E-state index in [1.807, 2.05) is 66.7 Å². The van der Waals surface area contributed by atoms with Crippen LogP contribution < -0.4 is 5.56 Å². The van der Waals surface area contributed by atoms with Gasteiger partial charge in [0.25, 0.3) is 5.56 Å². The van der Waals surface area contributed by atoms with Crippen LogP contribution in [0.15, 0.2) is 71.5 Å². The van der Waals surface area contributed by atoms with E-state index >= 15 is 0 Å². The molecule has 0 spiro atoms. The summed E-state index contributed by atoms with van der Waals surface area (Å²) in [6.45, 7) is 1.80. The third-order valence-corrected chi connectivity index (χ3v) is 4.75. The quantitative estimate of drug-likeness (QED) is 0.498. The lowest BCUT2D eigenvalue weighted by Crippen LogP contribution is -2.30. The second-order valence-corrected chi connectivity index (χ2v) is 6.67. The number of hydrogen-bond donors (Lipinski definition) is 1. The molecule has 7 heteroatoms. The zero-order valence-electron chi connectivity index (χ0n) is 15.6. The van der Waals surface area contributed by atoms with Gasteiger partial charge in [0.2, 0.25) is 0 Å². The maximum atomic E-state index is 13.2. The average Bonchev–Trinajstić information content (AvgIpc) is 2.74. The van der Waals surface area contributed by atoms with Gasteiger partial charge in [0.15, 0.2) is 4.77 Å². The van der Waals surface area contributed by atoms with Crippen LogP contribution in [0, 0.1) is 4.77 Å². The van der Waals surface area contributed by atoms with E-state index in [1.54, 1.807) is 6.92 Å². The summed E-state index contributed by atoms with van der Waals surface area (Å²) in [6, 6.07) is 21.0. The summed E-state index contributed by atoms with van der Waals surface area (Å²) in [6.07, 6.45) is -0.813. The fraction of sp³-hybridized carbons (Fsp3) is 0.0909. The van der Waals surface area contributed by atoms with Gasteiger partial charge in [0, 0.05) is 11.1 Å². The Morgan fingerprint density at radius 3 is 2.31 bits per heavy atom. The van der Waals surface area contributed by atoms with E-state index in [-0.39, 0.29) is 16.8 Å². The number of ether oxygens (including phenoxy) is 1. The fourth-order valence-electron chi connectivity index (χ4n) is 3.17. The summed E-state index contributed by atoms with van der Waals surface area (Å²) >= 11 is 5.24. The number of fused-ring (bicyclic) bond motifs is 1. The van der Waals surface area contributed by atoms with Crippen LogP contribution >= 0.6 is 12.2 Å². The molecule has 0 aliphatic rings. The second kappa shape index (κ2) is 7.81. The molecule has 0 amide bonds. The molecule has 0 radical (unpaired) electrons. The highest BCUT2D eigenvalue weighted by Crippen LogP contribution is 2.29. The molecule has 6 nitrogen and oxygen atoms in total. The number of nitrogens with one attached hydrogen (secondary N) is 1. The molecule has 2 heterocycles. The number of aromatic amines is 1. The third-order valence-electron chi connectivity index (χ3n) is 4.47. The van der Waals surface area contributed by atoms with E-state index in [9.17, 15) is 9.59 Å². The van der Waals surface area contributed by atoms with Crippen LogP contribution in [-0.2, 0) is 4.74 Å². The molecule has 0 aliphatic carbocycles. The molecule has 2 aromatic heterocycles. The maximum absolute atomic E-state index is 13.2. The lowest BCUT2D eigenvalue weighted by atomic mass is 10.0. The molecule has 0 unspecified atom stereocenters. The van der Waals surface area contributed by atoms with Crippen LogP contribution in [0.3, 0.4) is 0 Å². The minimum atomic E-state index is -0.813. The number of aromatic nitrogens is 3. The van der Waals surface area contributed by atoms with E-state index in [0.29, 0.717) is 16.9 Å². The first-order valence-electron chi connectivity index (χ1n) is 9.08. The normalized spacial score (nSPS) is 10.8. The molecule has 0 atom stereocenters. The summed E-state index contributed by atoms with van der Waals surface area (Å²) in [4.78, 5) is 33.1. The molecule has 0 saturated carbocycles. The van der Waals surface area contributed by atoms with Gasteiger partial charge < -0.3 is 9.72 Å². The molecule has 4 aromatic rings. The molecule has 4 rings (SSSR count). The van der Waals surface area contributed by atoms with Gasteiger partial charge in [0.05, 0.1) is 17.7 Å². The smallest absolute Gasteiger partial charge is 0.423 e. The highest BCUT2D eigenvalue weighted by Gasteiger charge is 2.19.